The van der Waals surface area contributed by atoms with Crippen molar-refractivity contribution in [3.63, 3.8) is 0 Å². The molecule has 0 aliphatic heterocycles. The van der Waals surface area contributed by atoms with Crippen molar-refractivity contribution in [1.82, 2.24) is 10.6 Å². The molecule has 0 rings (SSSR count). The molecule has 0 aromatic carbocycles. The summed E-state index contributed by atoms with van der Waals surface area (Å²) in [6.45, 7) is 1.51. The second-order valence-corrected chi connectivity index (χ2v) is 6.13. The van der Waals surface area contributed by atoms with Crippen LogP contribution in [-0.2, 0) is 19.4 Å². The molecule has 0 heterocycles. The summed E-state index contributed by atoms with van der Waals surface area (Å²) in [7, 11) is -1.69. The highest BCUT2D eigenvalue weighted by molar-refractivity contribution is 7.90. The van der Waals surface area contributed by atoms with E-state index in [-0.39, 0.29) is 18.1 Å². The zero-order valence-electron chi connectivity index (χ0n) is 10.2. The van der Waals surface area contributed by atoms with Crippen LogP contribution in [0, 0.1) is 0 Å². The van der Waals surface area contributed by atoms with Crippen LogP contribution in [0.5, 0.6) is 0 Å². The number of hydrogen-bond donors (Lipinski definition) is 3. The van der Waals surface area contributed by atoms with Crippen molar-refractivity contribution in [2.24, 2.45) is 5.73 Å². The molecule has 0 radical (unpaired) electrons. The molecule has 17 heavy (non-hydrogen) atoms. The van der Waals surface area contributed by atoms with Crippen LogP contribution in [0.1, 0.15) is 13.3 Å². The van der Waals surface area contributed by atoms with E-state index in [1.54, 1.807) is 0 Å². The van der Waals surface area contributed by atoms with Gasteiger partial charge in [-0.2, -0.15) is 0 Å². The second kappa shape index (κ2) is 6.55. The maximum Gasteiger partial charge on any atom is 0.242 e. The first-order valence-electron chi connectivity index (χ1n) is 5.12. The van der Waals surface area contributed by atoms with Crippen molar-refractivity contribution < 1.29 is 18.0 Å². The fraction of sp³-hybridized carbons (Fsp3) is 0.778. The number of carbonyl (C=O) groups is 2. The normalized spacial score (nSPS) is 14.8. The van der Waals surface area contributed by atoms with Crippen molar-refractivity contribution in [2.75, 3.05) is 19.1 Å². The first kappa shape index (κ1) is 15.9. The summed E-state index contributed by atoms with van der Waals surface area (Å²) in [4.78, 5) is 22.6. The predicted molar refractivity (Wildman–Crippen MR) is 64.0 cm³/mol. The average molecular weight is 265 g/mol. The number of amides is 2. The average Bonchev–Trinajstić information content (AvgIpc) is 2.23. The SMILES string of the molecule is CNC(=O)C(C)NC(=O)C(N)CCS(C)(=O)=O. The molecule has 0 aromatic rings. The Morgan fingerprint density at radius 3 is 2.24 bits per heavy atom. The van der Waals surface area contributed by atoms with Crippen LogP contribution in [0.25, 0.3) is 0 Å². The van der Waals surface area contributed by atoms with Crippen LogP contribution in [0.4, 0.5) is 0 Å². The summed E-state index contributed by atoms with van der Waals surface area (Å²) in [6, 6.07) is -1.63. The van der Waals surface area contributed by atoms with Crippen LogP contribution in [0.15, 0.2) is 0 Å². The van der Waals surface area contributed by atoms with Gasteiger partial charge in [0.15, 0.2) is 0 Å². The zero-order valence-corrected chi connectivity index (χ0v) is 11.0. The van der Waals surface area contributed by atoms with Gasteiger partial charge in [-0.1, -0.05) is 0 Å². The number of nitrogens with one attached hydrogen (secondary N) is 2. The minimum atomic E-state index is -3.14. The topological polar surface area (TPSA) is 118 Å². The maximum atomic E-state index is 11.5. The van der Waals surface area contributed by atoms with Gasteiger partial charge in [0.1, 0.15) is 15.9 Å². The highest BCUT2D eigenvalue weighted by Crippen LogP contribution is 1.95. The number of nitrogens with two attached hydrogens (primary N) is 1. The van der Waals surface area contributed by atoms with Gasteiger partial charge in [0.25, 0.3) is 0 Å². The third-order valence-electron chi connectivity index (χ3n) is 2.13. The molecule has 2 unspecified atom stereocenters. The molecule has 2 atom stereocenters. The van der Waals surface area contributed by atoms with Gasteiger partial charge in [-0.3, -0.25) is 9.59 Å². The number of carbonyl (C=O) groups excluding carboxylic acids is 2. The fourth-order valence-electron chi connectivity index (χ4n) is 1.07. The predicted octanol–water partition coefficient (Wildman–Crippen LogP) is -2.00. The fourth-order valence-corrected chi connectivity index (χ4v) is 1.76. The largest absolute Gasteiger partial charge is 0.357 e. The molecular weight excluding hydrogens is 246 g/mol. The van der Waals surface area contributed by atoms with Crippen LogP contribution >= 0.6 is 0 Å². The van der Waals surface area contributed by atoms with Crippen molar-refractivity contribution >= 4 is 21.7 Å². The Labute approximate surface area is 101 Å². The minimum absolute atomic E-state index is 0.0329. The molecule has 0 aromatic heterocycles. The summed E-state index contributed by atoms with van der Waals surface area (Å²) in [6.07, 6.45) is 1.11. The summed E-state index contributed by atoms with van der Waals surface area (Å²) < 4.78 is 21.8. The van der Waals surface area contributed by atoms with Crippen LogP contribution in [-0.4, -0.2) is 51.4 Å². The van der Waals surface area contributed by atoms with Gasteiger partial charge >= 0.3 is 0 Å². The van der Waals surface area contributed by atoms with E-state index >= 15 is 0 Å². The van der Waals surface area contributed by atoms with E-state index < -0.39 is 27.8 Å². The lowest BCUT2D eigenvalue weighted by atomic mass is 10.2. The third-order valence-corrected chi connectivity index (χ3v) is 3.11. The van der Waals surface area contributed by atoms with Gasteiger partial charge < -0.3 is 16.4 Å². The molecule has 4 N–H and O–H groups in total. The molecule has 2 amide bonds. The van der Waals surface area contributed by atoms with E-state index in [1.807, 2.05) is 0 Å². The highest BCUT2D eigenvalue weighted by Gasteiger charge is 2.20. The van der Waals surface area contributed by atoms with E-state index in [0.29, 0.717) is 0 Å². The van der Waals surface area contributed by atoms with Crippen molar-refractivity contribution in [1.29, 1.82) is 0 Å². The molecule has 0 saturated heterocycles. The van der Waals surface area contributed by atoms with Gasteiger partial charge in [-0.15, -0.1) is 0 Å². The lowest BCUT2D eigenvalue weighted by Crippen LogP contribution is -2.50. The smallest absolute Gasteiger partial charge is 0.242 e. The molecule has 100 valence electrons. The second-order valence-electron chi connectivity index (χ2n) is 3.87. The Morgan fingerprint density at radius 2 is 1.82 bits per heavy atom. The first-order valence-corrected chi connectivity index (χ1v) is 7.18. The van der Waals surface area contributed by atoms with Crippen LogP contribution < -0.4 is 16.4 Å². The summed E-state index contributed by atoms with van der Waals surface area (Å²) in [5, 5.41) is 4.77. The third kappa shape index (κ3) is 6.90. The minimum Gasteiger partial charge on any atom is -0.357 e. The van der Waals surface area contributed by atoms with Crippen LogP contribution in [0.2, 0.25) is 0 Å². The maximum absolute atomic E-state index is 11.5. The van der Waals surface area contributed by atoms with E-state index in [1.165, 1.54) is 14.0 Å². The molecule has 0 fully saturated rings. The van der Waals surface area contributed by atoms with Gasteiger partial charge in [-0.25, -0.2) is 8.42 Å². The molecule has 0 aliphatic rings. The Kier molecular flexibility index (Phi) is 6.11. The van der Waals surface area contributed by atoms with Gasteiger partial charge in [0.05, 0.1) is 11.8 Å². The van der Waals surface area contributed by atoms with Gasteiger partial charge in [0, 0.05) is 13.3 Å². The first-order chi connectivity index (χ1) is 7.67. The molecule has 0 spiro atoms. The van der Waals surface area contributed by atoms with Crippen LogP contribution in [0.3, 0.4) is 0 Å². The lowest BCUT2D eigenvalue weighted by molar-refractivity contribution is -0.128. The Bertz CT molecular complexity index is 380. The van der Waals surface area contributed by atoms with E-state index in [2.05, 4.69) is 10.6 Å². The Hall–Kier alpha value is -1.15. The standard InChI is InChI=1S/C9H19N3O4S/c1-6(8(13)11-2)12-9(14)7(10)4-5-17(3,15)16/h6-7H,4-5,10H2,1-3H3,(H,11,13)(H,12,14). The van der Waals surface area contributed by atoms with E-state index in [9.17, 15) is 18.0 Å². The molecule has 0 bridgehead atoms. The number of sulfone groups is 1. The number of rotatable bonds is 6. The highest BCUT2D eigenvalue weighted by atomic mass is 32.2. The number of likely N-dealkylation sites (N-methyl/N-ethyl adjacent to an activating group) is 1. The van der Waals surface area contributed by atoms with Crippen molar-refractivity contribution in [3.05, 3.63) is 0 Å². The van der Waals surface area contributed by atoms with Gasteiger partial charge in [0.2, 0.25) is 11.8 Å². The monoisotopic (exact) mass is 265 g/mol. The zero-order chi connectivity index (χ0) is 13.6. The van der Waals surface area contributed by atoms with Crippen molar-refractivity contribution in [3.8, 4) is 0 Å². The summed E-state index contributed by atoms with van der Waals surface area (Å²) in [5.41, 5.74) is 5.51. The molecule has 0 saturated carbocycles. The quantitative estimate of drug-likeness (QED) is 0.513. The Balaban J connectivity index is 4.19. The molecule has 0 aliphatic carbocycles. The molecular formula is C9H19N3O4S. The van der Waals surface area contributed by atoms with Crippen molar-refractivity contribution in [2.45, 2.75) is 25.4 Å². The van der Waals surface area contributed by atoms with Gasteiger partial charge in [-0.05, 0) is 13.3 Å². The molecule has 7 nitrogen and oxygen atoms in total. The lowest BCUT2D eigenvalue weighted by Gasteiger charge is -2.16. The molecule has 8 heteroatoms. The Morgan fingerprint density at radius 1 is 1.29 bits per heavy atom. The van der Waals surface area contributed by atoms with E-state index in [4.69, 9.17) is 5.73 Å². The summed E-state index contributed by atoms with van der Waals surface area (Å²) >= 11 is 0. The number of hydrogen-bond acceptors (Lipinski definition) is 5. The van der Waals surface area contributed by atoms with E-state index in [0.717, 1.165) is 6.26 Å². The summed E-state index contributed by atoms with van der Waals surface area (Å²) in [5.74, 6) is -1.03.